The Hall–Kier alpha value is -1.49. The molecule has 0 atom stereocenters. The molecule has 1 saturated heterocycles. The summed E-state index contributed by atoms with van der Waals surface area (Å²) in [7, 11) is 2.02. The van der Waals surface area contributed by atoms with Crippen molar-refractivity contribution in [1.82, 2.24) is 14.8 Å². The van der Waals surface area contributed by atoms with Crippen LogP contribution in [0, 0.1) is 5.82 Å². The summed E-state index contributed by atoms with van der Waals surface area (Å²) in [6.07, 6.45) is 2.50. The Bertz CT molecular complexity index is 389. The van der Waals surface area contributed by atoms with E-state index in [9.17, 15) is 9.18 Å². The molecule has 16 heavy (non-hydrogen) atoms. The second kappa shape index (κ2) is 4.57. The summed E-state index contributed by atoms with van der Waals surface area (Å²) in [6, 6.07) is 1.23. The topological polar surface area (TPSA) is 36.4 Å². The largest absolute Gasteiger partial charge is 0.336 e. The molecule has 2 rings (SSSR count). The first-order chi connectivity index (χ1) is 7.66. The molecular weight excluding hydrogens is 209 g/mol. The first-order valence-corrected chi connectivity index (χ1v) is 5.25. The van der Waals surface area contributed by atoms with Gasteiger partial charge in [-0.05, 0) is 13.1 Å². The van der Waals surface area contributed by atoms with E-state index in [2.05, 4.69) is 9.88 Å². The first-order valence-electron chi connectivity index (χ1n) is 5.25. The highest BCUT2D eigenvalue weighted by Gasteiger charge is 2.20. The molecule has 4 nitrogen and oxygen atoms in total. The Morgan fingerprint density at radius 1 is 1.31 bits per heavy atom. The summed E-state index contributed by atoms with van der Waals surface area (Å²) in [6.45, 7) is 3.08. The smallest absolute Gasteiger partial charge is 0.255 e. The lowest BCUT2D eigenvalue weighted by Crippen LogP contribution is -2.47. The van der Waals surface area contributed by atoms with Crippen LogP contribution in [0.5, 0.6) is 0 Å². The van der Waals surface area contributed by atoms with Gasteiger partial charge in [0.2, 0.25) is 0 Å². The van der Waals surface area contributed by atoms with Crippen LogP contribution in [-0.4, -0.2) is 53.9 Å². The van der Waals surface area contributed by atoms with Crippen molar-refractivity contribution in [2.24, 2.45) is 0 Å². The van der Waals surface area contributed by atoms with Crippen molar-refractivity contribution in [1.29, 1.82) is 0 Å². The van der Waals surface area contributed by atoms with Crippen LogP contribution < -0.4 is 0 Å². The minimum atomic E-state index is -0.472. The van der Waals surface area contributed by atoms with E-state index < -0.39 is 5.82 Å². The van der Waals surface area contributed by atoms with Crippen LogP contribution in [0.3, 0.4) is 0 Å². The molecule has 0 unspecified atom stereocenters. The van der Waals surface area contributed by atoms with Crippen molar-refractivity contribution < 1.29 is 9.18 Å². The van der Waals surface area contributed by atoms with Gasteiger partial charge in [0.25, 0.3) is 5.91 Å². The second-order valence-electron chi connectivity index (χ2n) is 3.99. The van der Waals surface area contributed by atoms with Crippen molar-refractivity contribution in [3.8, 4) is 0 Å². The van der Waals surface area contributed by atoms with E-state index in [-0.39, 0.29) is 5.91 Å². The average molecular weight is 223 g/mol. The zero-order chi connectivity index (χ0) is 11.5. The number of hydrogen-bond acceptors (Lipinski definition) is 3. The van der Waals surface area contributed by atoms with E-state index in [1.165, 1.54) is 12.3 Å². The average Bonchev–Trinajstić information content (AvgIpc) is 2.29. The fraction of sp³-hybridized carbons (Fsp3) is 0.455. The molecule has 0 N–H and O–H groups in total. The van der Waals surface area contributed by atoms with E-state index in [4.69, 9.17) is 0 Å². The molecular formula is C11H14FN3O. The summed E-state index contributed by atoms with van der Waals surface area (Å²) in [5, 5.41) is 0. The Morgan fingerprint density at radius 2 is 2.00 bits per heavy atom. The molecule has 0 spiro atoms. The van der Waals surface area contributed by atoms with E-state index in [0.29, 0.717) is 18.7 Å². The number of carbonyl (C=O) groups excluding carboxylic acids is 1. The molecule has 2 heterocycles. The SMILES string of the molecule is CN1CCN(C(=O)c2cncc(F)c2)CC1. The second-order valence-corrected chi connectivity index (χ2v) is 3.99. The highest BCUT2D eigenvalue weighted by atomic mass is 19.1. The fourth-order valence-electron chi connectivity index (χ4n) is 1.72. The van der Waals surface area contributed by atoms with E-state index in [0.717, 1.165) is 19.3 Å². The van der Waals surface area contributed by atoms with Gasteiger partial charge in [-0.2, -0.15) is 0 Å². The molecule has 1 aliphatic heterocycles. The number of piperazine rings is 1. The Morgan fingerprint density at radius 3 is 2.62 bits per heavy atom. The minimum absolute atomic E-state index is 0.139. The van der Waals surface area contributed by atoms with Gasteiger partial charge in [-0.15, -0.1) is 0 Å². The number of aromatic nitrogens is 1. The van der Waals surface area contributed by atoms with Gasteiger partial charge in [0.05, 0.1) is 11.8 Å². The van der Waals surface area contributed by atoms with E-state index in [1.807, 2.05) is 7.05 Å². The summed E-state index contributed by atoms with van der Waals surface area (Å²) >= 11 is 0. The van der Waals surface area contributed by atoms with Crippen LogP contribution in [0.4, 0.5) is 4.39 Å². The van der Waals surface area contributed by atoms with Gasteiger partial charge in [0.1, 0.15) is 5.82 Å². The molecule has 5 heteroatoms. The lowest BCUT2D eigenvalue weighted by Gasteiger charge is -2.32. The molecule has 1 fully saturated rings. The Kier molecular flexibility index (Phi) is 3.14. The lowest BCUT2D eigenvalue weighted by molar-refractivity contribution is 0.0663. The molecule has 1 aromatic heterocycles. The number of amides is 1. The van der Waals surface area contributed by atoms with Crippen molar-refractivity contribution in [2.75, 3.05) is 33.2 Å². The van der Waals surface area contributed by atoms with Gasteiger partial charge in [-0.25, -0.2) is 4.39 Å². The van der Waals surface area contributed by atoms with Crippen LogP contribution >= 0.6 is 0 Å². The number of nitrogens with zero attached hydrogens (tertiary/aromatic N) is 3. The third kappa shape index (κ3) is 2.36. The van der Waals surface area contributed by atoms with Gasteiger partial charge >= 0.3 is 0 Å². The predicted molar refractivity (Wildman–Crippen MR) is 57.6 cm³/mol. The quantitative estimate of drug-likeness (QED) is 0.700. The van der Waals surface area contributed by atoms with Crippen LogP contribution in [0.15, 0.2) is 18.5 Å². The number of pyridine rings is 1. The fourth-order valence-corrected chi connectivity index (χ4v) is 1.72. The predicted octanol–water partition coefficient (Wildman–Crippen LogP) is 0.608. The third-order valence-electron chi connectivity index (χ3n) is 2.74. The van der Waals surface area contributed by atoms with Crippen molar-refractivity contribution >= 4 is 5.91 Å². The molecule has 0 saturated carbocycles. The zero-order valence-corrected chi connectivity index (χ0v) is 9.19. The van der Waals surface area contributed by atoms with Gasteiger partial charge in [-0.3, -0.25) is 9.78 Å². The highest BCUT2D eigenvalue weighted by Crippen LogP contribution is 2.08. The lowest BCUT2D eigenvalue weighted by atomic mass is 10.2. The van der Waals surface area contributed by atoms with E-state index in [1.54, 1.807) is 4.90 Å². The van der Waals surface area contributed by atoms with Crippen LogP contribution in [0.25, 0.3) is 0 Å². The first kappa shape index (κ1) is 11.0. The highest BCUT2D eigenvalue weighted by molar-refractivity contribution is 5.93. The van der Waals surface area contributed by atoms with Crippen LogP contribution in [0.2, 0.25) is 0 Å². The van der Waals surface area contributed by atoms with Crippen LogP contribution in [0.1, 0.15) is 10.4 Å². The molecule has 1 aromatic rings. The maximum absolute atomic E-state index is 12.9. The molecule has 0 radical (unpaired) electrons. The number of rotatable bonds is 1. The molecule has 1 amide bonds. The van der Waals surface area contributed by atoms with Gasteiger partial charge < -0.3 is 9.80 Å². The maximum atomic E-state index is 12.9. The zero-order valence-electron chi connectivity index (χ0n) is 9.19. The number of hydrogen-bond donors (Lipinski definition) is 0. The van der Waals surface area contributed by atoms with Gasteiger partial charge in [-0.1, -0.05) is 0 Å². The van der Waals surface area contributed by atoms with Crippen LogP contribution in [-0.2, 0) is 0 Å². The molecule has 86 valence electrons. The normalized spacial score (nSPS) is 17.5. The maximum Gasteiger partial charge on any atom is 0.255 e. The number of carbonyl (C=O) groups is 1. The van der Waals surface area contributed by atoms with Crippen molar-refractivity contribution in [3.63, 3.8) is 0 Å². The Balaban J connectivity index is 2.08. The number of likely N-dealkylation sites (N-methyl/N-ethyl adjacent to an activating group) is 1. The molecule has 0 bridgehead atoms. The molecule has 0 aromatic carbocycles. The summed E-state index contributed by atoms with van der Waals surface area (Å²) in [4.78, 5) is 19.5. The summed E-state index contributed by atoms with van der Waals surface area (Å²) < 4.78 is 12.9. The van der Waals surface area contributed by atoms with Gasteiger partial charge in [0, 0.05) is 32.4 Å². The standard InChI is InChI=1S/C11H14FN3O/c1-14-2-4-15(5-3-14)11(16)9-6-10(12)8-13-7-9/h6-8H,2-5H2,1H3. The summed E-state index contributed by atoms with van der Waals surface area (Å²) in [5.41, 5.74) is 0.324. The van der Waals surface area contributed by atoms with Crippen molar-refractivity contribution in [3.05, 3.63) is 29.8 Å². The molecule has 0 aliphatic carbocycles. The monoisotopic (exact) mass is 223 g/mol. The third-order valence-corrected chi connectivity index (χ3v) is 2.74. The van der Waals surface area contributed by atoms with Gasteiger partial charge in [0.15, 0.2) is 0 Å². The van der Waals surface area contributed by atoms with Crippen molar-refractivity contribution in [2.45, 2.75) is 0 Å². The Labute approximate surface area is 93.7 Å². The number of halogens is 1. The summed E-state index contributed by atoms with van der Waals surface area (Å²) in [5.74, 6) is -0.611. The molecule has 1 aliphatic rings. The minimum Gasteiger partial charge on any atom is -0.336 e. The van der Waals surface area contributed by atoms with E-state index >= 15 is 0 Å².